The minimum Gasteiger partial charge on any atom is -0.492 e. The van der Waals surface area contributed by atoms with Crippen LogP contribution in [-0.2, 0) is 18.4 Å². The van der Waals surface area contributed by atoms with Crippen LogP contribution >= 0.6 is 0 Å². The predicted octanol–water partition coefficient (Wildman–Crippen LogP) is 4.01. The van der Waals surface area contributed by atoms with Crippen molar-refractivity contribution in [3.05, 3.63) is 76.1 Å². The van der Waals surface area contributed by atoms with E-state index in [1.807, 2.05) is 35.0 Å². The molecule has 0 spiro atoms. The Morgan fingerprint density at radius 3 is 2.97 bits per heavy atom. The summed E-state index contributed by atoms with van der Waals surface area (Å²) in [7, 11) is 0. The summed E-state index contributed by atoms with van der Waals surface area (Å²) in [5.41, 5.74) is 5.70. The van der Waals surface area contributed by atoms with Gasteiger partial charge in [0.1, 0.15) is 12.4 Å². The van der Waals surface area contributed by atoms with E-state index in [4.69, 9.17) is 4.74 Å². The van der Waals surface area contributed by atoms with E-state index in [-0.39, 0.29) is 11.2 Å². The molecule has 150 valence electrons. The summed E-state index contributed by atoms with van der Waals surface area (Å²) in [6, 6.07) is 7.99. The molecule has 0 amide bonds. The van der Waals surface area contributed by atoms with Crippen LogP contribution in [0.2, 0.25) is 0 Å². The number of benzene rings is 1. The maximum atomic E-state index is 13.4. The van der Waals surface area contributed by atoms with Gasteiger partial charge >= 0.3 is 0 Å². The maximum absolute atomic E-state index is 13.4. The van der Waals surface area contributed by atoms with Gasteiger partial charge in [-0.1, -0.05) is 13.8 Å². The van der Waals surface area contributed by atoms with E-state index in [9.17, 15) is 10.1 Å². The predicted molar refractivity (Wildman–Crippen MR) is 112 cm³/mol. The van der Waals surface area contributed by atoms with Gasteiger partial charge in [-0.2, -0.15) is 5.26 Å². The van der Waals surface area contributed by atoms with Crippen molar-refractivity contribution in [2.75, 3.05) is 6.61 Å². The first-order valence-electron chi connectivity index (χ1n) is 10.1. The number of nitrogens with zero attached hydrogens (tertiary/aromatic N) is 3. The minimum absolute atomic E-state index is 0.0515. The fraction of sp³-hybridized carbons (Fsp3) is 0.292. The lowest BCUT2D eigenvalue weighted by Gasteiger charge is -2.32. The monoisotopic (exact) mass is 398 g/mol. The molecule has 2 aliphatic carbocycles. The zero-order chi connectivity index (χ0) is 20.9. The summed E-state index contributed by atoms with van der Waals surface area (Å²) >= 11 is 0. The van der Waals surface area contributed by atoms with Gasteiger partial charge in [-0.3, -0.25) is 4.79 Å². The van der Waals surface area contributed by atoms with Crippen molar-refractivity contribution in [3.8, 4) is 11.8 Å². The number of carbonyl (C=O) groups is 1. The highest BCUT2D eigenvalue weighted by Crippen LogP contribution is 2.45. The van der Waals surface area contributed by atoms with Crippen LogP contribution in [0.5, 0.6) is 5.75 Å². The third-order valence-corrected chi connectivity index (χ3v) is 6.18. The number of allylic oxidation sites excluding steroid dienone is 1. The van der Waals surface area contributed by atoms with Gasteiger partial charge in [-0.25, -0.2) is 4.98 Å². The summed E-state index contributed by atoms with van der Waals surface area (Å²) in [6.07, 6.45) is 8.69. The Morgan fingerprint density at radius 1 is 1.33 bits per heavy atom. The van der Waals surface area contributed by atoms with E-state index in [0.717, 1.165) is 45.0 Å². The van der Waals surface area contributed by atoms with Crippen LogP contribution in [0.1, 0.15) is 58.7 Å². The molecule has 0 fully saturated rings. The number of nitrogens with one attached hydrogen (secondary N) is 1. The molecule has 5 rings (SSSR count). The summed E-state index contributed by atoms with van der Waals surface area (Å²) in [5.74, 6) is 0.803. The first kappa shape index (κ1) is 18.4. The Balaban J connectivity index is 1.49. The highest BCUT2D eigenvalue weighted by molar-refractivity contribution is 6.14. The van der Waals surface area contributed by atoms with E-state index < -0.39 is 0 Å². The van der Waals surface area contributed by atoms with Crippen molar-refractivity contribution in [1.82, 2.24) is 14.5 Å². The SMILES string of the molecule is CC1(C)c2cc(OCCn3ccnc3)ccc2C(=O)c2c1[nH]c1c2CCC(C#N)=C1. The third-order valence-electron chi connectivity index (χ3n) is 6.18. The number of aromatic nitrogens is 3. The molecule has 0 saturated heterocycles. The molecule has 2 heterocycles. The average Bonchev–Trinajstić information content (AvgIpc) is 3.40. The van der Waals surface area contributed by atoms with E-state index in [1.165, 1.54) is 0 Å². The van der Waals surface area contributed by atoms with Crippen LogP contribution in [0.4, 0.5) is 0 Å². The first-order valence-corrected chi connectivity index (χ1v) is 10.1. The Morgan fingerprint density at radius 2 is 2.20 bits per heavy atom. The fourth-order valence-electron chi connectivity index (χ4n) is 4.54. The van der Waals surface area contributed by atoms with Gasteiger partial charge in [0, 0.05) is 45.9 Å². The second kappa shape index (κ2) is 6.74. The highest BCUT2D eigenvalue weighted by Gasteiger charge is 2.41. The van der Waals surface area contributed by atoms with Crippen LogP contribution in [0.15, 0.2) is 42.5 Å². The van der Waals surface area contributed by atoms with Crippen molar-refractivity contribution in [1.29, 1.82) is 5.26 Å². The number of H-pyrrole nitrogens is 1. The molecule has 0 unspecified atom stereocenters. The molecule has 0 bridgehead atoms. The number of hydrogen-bond acceptors (Lipinski definition) is 4. The van der Waals surface area contributed by atoms with Crippen LogP contribution in [-0.4, -0.2) is 26.9 Å². The van der Waals surface area contributed by atoms with Crippen LogP contribution in [0.25, 0.3) is 6.08 Å². The Hall–Kier alpha value is -3.59. The van der Waals surface area contributed by atoms with Crippen molar-refractivity contribution in [3.63, 3.8) is 0 Å². The number of carbonyl (C=O) groups excluding carboxylic acids is 1. The number of rotatable bonds is 4. The van der Waals surface area contributed by atoms with Crippen LogP contribution in [0, 0.1) is 11.3 Å². The molecule has 3 aromatic rings. The van der Waals surface area contributed by atoms with Gasteiger partial charge in [0.25, 0.3) is 0 Å². The second-order valence-corrected chi connectivity index (χ2v) is 8.36. The second-order valence-electron chi connectivity index (χ2n) is 8.36. The third kappa shape index (κ3) is 2.78. The standard InChI is InChI=1S/C24H22N4O2/c1-24(2)19-12-16(30-10-9-28-8-7-26-14-28)4-6-17(19)22(29)21-18-5-3-15(13-25)11-20(18)27-23(21)24/h4,6-8,11-12,14,27H,3,5,9-10H2,1-2H3. The molecule has 2 aromatic heterocycles. The number of ether oxygens (including phenoxy) is 1. The van der Waals surface area contributed by atoms with Crippen molar-refractivity contribution in [2.45, 2.75) is 38.6 Å². The van der Waals surface area contributed by atoms with E-state index in [0.29, 0.717) is 26.0 Å². The van der Waals surface area contributed by atoms with Gasteiger partial charge in [-0.15, -0.1) is 0 Å². The van der Waals surface area contributed by atoms with Crippen molar-refractivity contribution in [2.24, 2.45) is 0 Å². The minimum atomic E-state index is -0.375. The molecule has 0 atom stereocenters. The zero-order valence-corrected chi connectivity index (χ0v) is 17.0. The van der Waals surface area contributed by atoms with Gasteiger partial charge in [0.15, 0.2) is 5.78 Å². The molecule has 1 N–H and O–H groups in total. The summed E-state index contributed by atoms with van der Waals surface area (Å²) in [6.45, 7) is 5.49. The number of nitriles is 1. The maximum Gasteiger partial charge on any atom is 0.195 e. The molecular weight excluding hydrogens is 376 g/mol. The Kier molecular flexibility index (Phi) is 4.14. The average molecular weight is 398 g/mol. The largest absolute Gasteiger partial charge is 0.492 e. The lowest BCUT2D eigenvalue weighted by atomic mass is 9.70. The van der Waals surface area contributed by atoms with Crippen LogP contribution in [0.3, 0.4) is 0 Å². The highest BCUT2D eigenvalue weighted by atomic mass is 16.5. The number of hydrogen-bond donors (Lipinski definition) is 1. The summed E-state index contributed by atoms with van der Waals surface area (Å²) < 4.78 is 7.92. The fourth-order valence-corrected chi connectivity index (χ4v) is 4.54. The molecular formula is C24H22N4O2. The Labute approximate surface area is 174 Å². The Bertz CT molecular complexity index is 1220. The first-order chi connectivity index (χ1) is 14.5. The lowest BCUT2D eigenvalue weighted by Crippen LogP contribution is -2.30. The van der Waals surface area contributed by atoms with Crippen molar-refractivity contribution >= 4 is 11.9 Å². The quantitative estimate of drug-likeness (QED) is 0.720. The van der Waals surface area contributed by atoms with Crippen LogP contribution < -0.4 is 4.74 Å². The van der Waals surface area contributed by atoms with E-state index in [1.54, 1.807) is 12.5 Å². The van der Waals surface area contributed by atoms with Gasteiger partial charge < -0.3 is 14.3 Å². The van der Waals surface area contributed by atoms with Gasteiger partial charge in [0.05, 0.1) is 18.9 Å². The molecule has 0 aliphatic heterocycles. The molecule has 6 nitrogen and oxygen atoms in total. The number of fused-ring (bicyclic) bond motifs is 4. The topological polar surface area (TPSA) is 83.7 Å². The number of imidazole rings is 1. The molecule has 30 heavy (non-hydrogen) atoms. The molecule has 0 radical (unpaired) electrons. The number of aromatic amines is 1. The molecule has 6 heteroatoms. The van der Waals surface area contributed by atoms with E-state index >= 15 is 0 Å². The summed E-state index contributed by atoms with van der Waals surface area (Å²) in [5, 5.41) is 9.26. The molecule has 2 aliphatic rings. The van der Waals surface area contributed by atoms with Crippen molar-refractivity contribution < 1.29 is 9.53 Å². The molecule has 0 saturated carbocycles. The van der Waals surface area contributed by atoms with E-state index in [2.05, 4.69) is 29.9 Å². The summed E-state index contributed by atoms with van der Waals surface area (Å²) in [4.78, 5) is 20.9. The smallest absolute Gasteiger partial charge is 0.195 e. The van der Waals surface area contributed by atoms with Gasteiger partial charge in [0.2, 0.25) is 0 Å². The lowest BCUT2D eigenvalue weighted by molar-refractivity contribution is 0.103. The normalized spacial score (nSPS) is 16.2. The zero-order valence-electron chi connectivity index (χ0n) is 17.0. The molecule has 1 aromatic carbocycles. The van der Waals surface area contributed by atoms with Gasteiger partial charge in [-0.05, 0) is 48.2 Å². The number of ketones is 1.